The molecule has 0 unspecified atom stereocenters. The normalized spacial score (nSPS) is 10.2. The van der Waals surface area contributed by atoms with E-state index in [1.165, 1.54) is 0 Å². The van der Waals surface area contributed by atoms with E-state index < -0.39 is 0 Å². The topological polar surface area (TPSA) is 66.0 Å². The van der Waals surface area contributed by atoms with Crippen molar-refractivity contribution in [3.63, 3.8) is 0 Å². The van der Waals surface area contributed by atoms with Crippen LogP contribution in [0.3, 0.4) is 0 Å². The molecule has 2 aromatic rings. The number of methoxy groups -OCH3 is 1. The molecule has 6 heteroatoms. The van der Waals surface area contributed by atoms with E-state index in [0.717, 1.165) is 0 Å². The second-order valence-corrected chi connectivity index (χ2v) is 5.28. The molecule has 0 aliphatic carbocycles. The highest BCUT2D eigenvalue weighted by Crippen LogP contribution is 2.31. The first-order chi connectivity index (χ1) is 12.6. The molecule has 0 heterocycles. The monoisotopic (exact) mass is 359 g/mol. The van der Waals surface area contributed by atoms with Crippen LogP contribution in [0.1, 0.15) is 31.1 Å². The summed E-state index contributed by atoms with van der Waals surface area (Å²) < 4.78 is 21.9. The van der Waals surface area contributed by atoms with Crippen molar-refractivity contribution in [3.8, 4) is 23.0 Å². The van der Waals surface area contributed by atoms with Gasteiger partial charge in [0.15, 0.2) is 23.0 Å². The SMILES string of the molecule is CCOc1ccc(NC(=O)c2ccc(OCC)c(OCC)c2)cc1OC. The molecule has 0 aromatic heterocycles. The number of hydrogen-bond donors (Lipinski definition) is 1. The van der Waals surface area contributed by atoms with Crippen molar-refractivity contribution in [1.82, 2.24) is 0 Å². The summed E-state index contributed by atoms with van der Waals surface area (Å²) in [5.74, 6) is 2.11. The number of anilines is 1. The van der Waals surface area contributed by atoms with Gasteiger partial charge in [-0.1, -0.05) is 0 Å². The first-order valence-electron chi connectivity index (χ1n) is 8.64. The van der Waals surface area contributed by atoms with Crippen LogP contribution in [0.2, 0.25) is 0 Å². The molecule has 0 aliphatic heterocycles. The zero-order valence-corrected chi connectivity index (χ0v) is 15.6. The summed E-state index contributed by atoms with van der Waals surface area (Å²) in [5.41, 5.74) is 1.09. The molecule has 0 fully saturated rings. The first-order valence-corrected chi connectivity index (χ1v) is 8.64. The lowest BCUT2D eigenvalue weighted by atomic mass is 10.1. The largest absolute Gasteiger partial charge is 0.493 e. The maximum absolute atomic E-state index is 12.6. The molecule has 0 atom stereocenters. The van der Waals surface area contributed by atoms with Crippen molar-refractivity contribution in [2.24, 2.45) is 0 Å². The van der Waals surface area contributed by atoms with Crippen molar-refractivity contribution < 1.29 is 23.7 Å². The van der Waals surface area contributed by atoms with Gasteiger partial charge in [0.05, 0.1) is 26.9 Å². The maximum Gasteiger partial charge on any atom is 0.255 e. The third-order valence-electron chi connectivity index (χ3n) is 3.53. The molecule has 1 amide bonds. The Bertz CT molecular complexity index is 745. The second kappa shape index (κ2) is 9.56. The molecule has 0 bridgehead atoms. The molecule has 26 heavy (non-hydrogen) atoms. The number of carbonyl (C=O) groups excluding carboxylic acids is 1. The van der Waals surface area contributed by atoms with E-state index in [1.807, 2.05) is 20.8 Å². The van der Waals surface area contributed by atoms with Gasteiger partial charge >= 0.3 is 0 Å². The average Bonchev–Trinajstić information content (AvgIpc) is 2.65. The Hall–Kier alpha value is -2.89. The van der Waals surface area contributed by atoms with Gasteiger partial charge in [-0.2, -0.15) is 0 Å². The van der Waals surface area contributed by atoms with E-state index in [0.29, 0.717) is 54.1 Å². The molecule has 0 radical (unpaired) electrons. The van der Waals surface area contributed by atoms with E-state index >= 15 is 0 Å². The van der Waals surface area contributed by atoms with Crippen LogP contribution in [0.15, 0.2) is 36.4 Å². The van der Waals surface area contributed by atoms with Crippen molar-refractivity contribution in [3.05, 3.63) is 42.0 Å². The van der Waals surface area contributed by atoms with E-state index in [4.69, 9.17) is 18.9 Å². The molecular weight excluding hydrogens is 334 g/mol. The summed E-state index contributed by atoms with van der Waals surface area (Å²) in [6.45, 7) is 7.23. The lowest BCUT2D eigenvalue weighted by Gasteiger charge is -2.13. The smallest absolute Gasteiger partial charge is 0.255 e. The summed E-state index contributed by atoms with van der Waals surface area (Å²) in [7, 11) is 1.56. The van der Waals surface area contributed by atoms with Gasteiger partial charge in [-0.05, 0) is 51.1 Å². The molecule has 2 aromatic carbocycles. The van der Waals surface area contributed by atoms with Crippen LogP contribution >= 0.6 is 0 Å². The quantitative estimate of drug-likeness (QED) is 0.729. The van der Waals surface area contributed by atoms with Gasteiger partial charge in [-0.3, -0.25) is 4.79 Å². The molecule has 0 saturated heterocycles. The molecule has 140 valence electrons. The Kier molecular flexibility index (Phi) is 7.14. The number of nitrogens with one attached hydrogen (secondary N) is 1. The van der Waals surface area contributed by atoms with Crippen LogP contribution in [-0.4, -0.2) is 32.8 Å². The van der Waals surface area contributed by atoms with E-state index in [1.54, 1.807) is 43.5 Å². The molecular formula is C20H25NO5. The van der Waals surface area contributed by atoms with Crippen LogP contribution < -0.4 is 24.3 Å². The van der Waals surface area contributed by atoms with Crippen molar-refractivity contribution in [1.29, 1.82) is 0 Å². The van der Waals surface area contributed by atoms with Gasteiger partial charge in [0.25, 0.3) is 5.91 Å². The Morgan fingerprint density at radius 2 is 1.38 bits per heavy atom. The highest BCUT2D eigenvalue weighted by Gasteiger charge is 2.13. The summed E-state index contributed by atoms with van der Waals surface area (Å²) in [4.78, 5) is 12.6. The van der Waals surface area contributed by atoms with Crippen LogP contribution in [0.25, 0.3) is 0 Å². The van der Waals surface area contributed by atoms with Gasteiger partial charge in [0.1, 0.15) is 0 Å². The standard InChI is InChI=1S/C20H25NO5/c1-5-24-16-11-9-15(13-18(16)23-4)21-20(22)14-8-10-17(25-6-2)19(12-14)26-7-3/h8-13H,5-7H2,1-4H3,(H,21,22). The van der Waals surface area contributed by atoms with Gasteiger partial charge in [-0.25, -0.2) is 0 Å². The average molecular weight is 359 g/mol. The summed E-state index contributed by atoms with van der Waals surface area (Å²) in [6.07, 6.45) is 0. The van der Waals surface area contributed by atoms with Gasteiger partial charge in [0.2, 0.25) is 0 Å². The van der Waals surface area contributed by atoms with Crippen LogP contribution in [0, 0.1) is 0 Å². The van der Waals surface area contributed by atoms with Crippen molar-refractivity contribution >= 4 is 11.6 Å². The van der Waals surface area contributed by atoms with Crippen molar-refractivity contribution in [2.45, 2.75) is 20.8 Å². The summed E-state index contributed by atoms with van der Waals surface area (Å²) in [5, 5.41) is 2.85. The fourth-order valence-corrected chi connectivity index (χ4v) is 2.42. The number of amides is 1. The minimum absolute atomic E-state index is 0.250. The minimum atomic E-state index is -0.250. The number of ether oxygens (including phenoxy) is 4. The Morgan fingerprint density at radius 3 is 2.00 bits per heavy atom. The van der Waals surface area contributed by atoms with Crippen LogP contribution in [0.4, 0.5) is 5.69 Å². The third kappa shape index (κ3) is 4.81. The van der Waals surface area contributed by atoms with E-state index in [2.05, 4.69) is 5.32 Å². The highest BCUT2D eigenvalue weighted by molar-refractivity contribution is 6.04. The maximum atomic E-state index is 12.6. The van der Waals surface area contributed by atoms with Crippen molar-refractivity contribution in [2.75, 3.05) is 32.2 Å². The molecule has 2 rings (SSSR count). The zero-order valence-electron chi connectivity index (χ0n) is 15.6. The number of hydrogen-bond acceptors (Lipinski definition) is 5. The Balaban J connectivity index is 2.20. The second-order valence-electron chi connectivity index (χ2n) is 5.28. The molecule has 1 N–H and O–H groups in total. The lowest BCUT2D eigenvalue weighted by Crippen LogP contribution is -2.12. The van der Waals surface area contributed by atoms with Gasteiger partial charge in [-0.15, -0.1) is 0 Å². The van der Waals surface area contributed by atoms with E-state index in [9.17, 15) is 4.79 Å². The number of benzene rings is 2. The fourth-order valence-electron chi connectivity index (χ4n) is 2.42. The third-order valence-corrected chi connectivity index (χ3v) is 3.53. The van der Waals surface area contributed by atoms with Crippen LogP contribution in [-0.2, 0) is 0 Å². The first kappa shape index (κ1) is 19.4. The number of carbonyl (C=O) groups is 1. The lowest BCUT2D eigenvalue weighted by molar-refractivity contribution is 0.102. The molecule has 0 spiro atoms. The summed E-state index contributed by atoms with van der Waals surface area (Å²) in [6, 6.07) is 10.4. The molecule has 6 nitrogen and oxygen atoms in total. The fraction of sp³-hybridized carbons (Fsp3) is 0.350. The minimum Gasteiger partial charge on any atom is -0.493 e. The molecule has 0 saturated carbocycles. The summed E-state index contributed by atoms with van der Waals surface area (Å²) >= 11 is 0. The Morgan fingerprint density at radius 1 is 0.808 bits per heavy atom. The van der Waals surface area contributed by atoms with Gasteiger partial charge < -0.3 is 24.3 Å². The van der Waals surface area contributed by atoms with Gasteiger partial charge in [0, 0.05) is 17.3 Å². The van der Waals surface area contributed by atoms with E-state index in [-0.39, 0.29) is 5.91 Å². The molecule has 0 aliphatic rings. The highest BCUT2D eigenvalue weighted by atomic mass is 16.5. The van der Waals surface area contributed by atoms with Crippen LogP contribution in [0.5, 0.6) is 23.0 Å². The Labute approximate surface area is 154 Å². The predicted molar refractivity (Wildman–Crippen MR) is 101 cm³/mol. The predicted octanol–water partition coefficient (Wildman–Crippen LogP) is 4.14. The number of rotatable bonds is 9. The zero-order chi connectivity index (χ0) is 18.9.